The van der Waals surface area contributed by atoms with Crippen LogP contribution in [0.25, 0.3) is 0 Å². The molecule has 0 saturated heterocycles. The van der Waals surface area contributed by atoms with E-state index in [0.29, 0.717) is 25.0 Å². The molecule has 0 bridgehead atoms. The Morgan fingerprint density at radius 1 is 1.44 bits per heavy atom. The number of benzene rings is 1. The summed E-state index contributed by atoms with van der Waals surface area (Å²) in [5, 5.41) is 0. The van der Waals surface area contributed by atoms with Crippen LogP contribution < -0.4 is 0 Å². The molecule has 0 spiro atoms. The van der Waals surface area contributed by atoms with Gasteiger partial charge in [0.15, 0.2) is 5.78 Å². The molecule has 0 heterocycles. The molecule has 1 atom stereocenters. The molecule has 0 radical (unpaired) electrons. The zero-order chi connectivity index (χ0) is 11.5. The Morgan fingerprint density at radius 3 is 2.94 bits per heavy atom. The van der Waals surface area contributed by atoms with Gasteiger partial charge < -0.3 is 4.74 Å². The second-order valence-corrected chi connectivity index (χ2v) is 3.85. The molecule has 84 valence electrons. The van der Waals surface area contributed by atoms with Crippen LogP contribution in [-0.2, 0) is 9.53 Å². The molecule has 2 rings (SSSR count). The molecule has 3 nitrogen and oxygen atoms in total. The molecule has 1 unspecified atom stereocenters. The lowest BCUT2D eigenvalue weighted by atomic mass is 9.82. The Labute approximate surface area is 94.4 Å². The summed E-state index contributed by atoms with van der Waals surface area (Å²) in [6.07, 6.45) is 0.995. The van der Waals surface area contributed by atoms with Gasteiger partial charge in [0.25, 0.3) is 0 Å². The monoisotopic (exact) mass is 218 g/mol. The number of hydrogen-bond acceptors (Lipinski definition) is 3. The van der Waals surface area contributed by atoms with Crippen LogP contribution in [0.3, 0.4) is 0 Å². The van der Waals surface area contributed by atoms with Crippen LogP contribution in [0.15, 0.2) is 24.3 Å². The van der Waals surface area contributed by atoms with Gasteiger partial charge in [-0.25, -0.2) is 0 Å². The average Bonchev–Trinajstić information content (AvgIpc) is 2.30. The van der Waals surface area contributed by atoms with Crippen molar-refractivity contribution in [3.05, 3.63) is 35.4 Å². The molecular formula is C13H14O3. The van der Waals surface area contributed by atoms with Gasteiger partial charge in [-0.15, -0.1) is 0 Å². The van der Waals surface area contributed by atoms with E-state index in [4.69, 9.17) is 4.74 Å². The number of fused-ring (bicyclic) bond motifs is 1. The van der Waals surface area contributed by atoms with Gasteiger partial charge in [-0.3, -0.25) is 9.59 Å². The number of hydrogen-bond donors (Lipinski definition) is 0. The van der Waals surface area contributed by atoms with E-state index in [1.807, 2.05) is 18.2 Å². The molecule has 1 aliphatic rings. The molecule has 3 heteroatoms. The molecule has 1 aromatic carbocycles. The number of carbonyl (C=O) groups is 2. The van der Waals surface area contributed by atoms with Crippen molar-refractivity contribution in [3.8, 4) is 0 Å². The fourth-order valence-electron chi connectivity index (χ4n) is 2.11. The molecule has 16 heavy (non-hydrogen) atoms. The summed E-state index contributed by atoms with van der Waals surface area (Å²) in [5.74, 6) is -0.368. The van der Waals surface area contributed by atoms with E-state index in [2.05, 4.69) is 0 Å². The van der Waals surface area contributed by atoms with Crippen molar-refractivity contribution in [2.75, 3.05) is 6.61 Å². The molecule has 0 saturated carbocycles. The minimum Gasteiger partial charge on any atom is -0.466 e. The highest BCUT2D eigenvalue weighted by Gasteiger charge is 2.30. The third kappa shape index (κ3) is 1.85. The maximum absolute atomic E-state index is 11.7. The van der Waals surface area contributed by atoms with E-state index >= 15 is 0 Å². The number of rotatable bonds is 2. The van der Waals surface area contributed by atoms with Gasteiger partial charge in [-0.1, -0.05) is 24.3 Å². The van der Waals surface area contributed by atoms with Crippen molar-refractivity contribution in [1.82, 2.24) is 0 Å². The normalized spacial score (nSPS) is 19.1. The molecule has 0 aliphatic heterocycles. The van der Waals surface area contributed by atoms with E-state index in [-0.39, 0.29) is 17.7 Å². The van der Waals surface area contributed by atoms with Crippen LogP contribution in [0.2, 0.25) is 0 Å². The lowest BCUT2D eigenvalue weighted by Gasteiger charge is -2.22. The summed E-state index contributed by atoms with van der Waals surface area (Å²) in [6.45, 7) is 2.17. The first-order valence-electron chi connectivity index (χ1n) is 5.52. The van der Waals surface area contributed by atoms with Gasteiger partial charge >= 0.3 is 5.97 Å². The van der Waals surface area contributed by atoms with Crippen molar-refractivity contribution in [2.24, 2.45) is 0 Å². The minimum atomic E-state index is -0.270. The van der Waals surface area contributed by atoms with E-state index in [1.165, 1.54) is 0 Å². The third-order valence-corrected chi connectivity index (χ3v) is 2.87. The number of ether oxygens (including phenoxy) is 1. The van der Waals surface area contributed by atoms with Gasteiger partial charge in [0.05, 0.1) is 12.5 Å². The van der Waals surface area contributed by atoms with Crippen LogP contribution in [0, 0.1) is 0 Å². The largest absolute Gasteiger partial charge is 0.466 e. The van der Waals surface area contributed by atoms with E-state index in [9.17, 15) is 9.59 Å². The topological polar surface area (TPSA) is 43.4 Å². The summed E-state index contributed by atoms with van der Waals surface area (Å²) in [7, 11) is 0. The first kappa shape index (κ1) is 10.9. The Balaban J connectivity index is 2.34. The number of carbonyl (C=O) groups excluding carboxylic acids is 2. The van der Waals surface area contributed by atoms with Crippen LogP contribution in [-0.4, -0.2) is 18.4 Å². The van der Waals surface area contributed by atoms with Crippen LogP contribution >= 0.6 is 0 Å². The Bertz CT molecular complexity index is 423. The summed E-state index contributed by atoms with van der Waals surface area (Å²) in [6, 6.07) is 7.30. The Morgan fingerprint density at radius 2 is 2.19 bits per heavy atom. The Kier molecular flexibility index (Phi) is 3.04. The number of esters is 1. The van der Waals surface area contributed by atoms with Gasteiger partial charge in [-0.2, -0.15) is 0 Å². The molecular weight excluding hydrogens is 204 g/mol. The molecule has 1 aliphatic carbocycles. The second kappa shape index (κ2) is 4.47. The van der Waals surface area contributed by atoms with E-state index in [1.54, 1.807) is 13.0 Å². The highest BCUT2D eigenvalue weighted by atomic mass is 16.5. The van der Waals surface area contributed by atoms with Crippen molar-refractivity contribution in [1.29, 1.82) is 0 Å². The average molecular weight is 218 g/mol. The second-order valence-electron chi connectivity index (χ2n) is 3.85. The zero-order valence-electron chi connectivity index (χ0n) is 9.23. The fourth-order valence-corrected chi connectivity index (χ4v) is 2.11. The van der Waals surface area contributed by atoms with Gasteiger partial charge in [0.2, 0.25) is 0 Å². The van der Waals surface area contributed by atoms with Crippen molar-refractivity contribution in [2.45, 2.75) is 25.7 Å². The van der Waals surface area contributed by atoms with Crippen LogP contribution in [0.4, 0.5) is 0 Å². The number of Topliss-reactive ketones (excluding diaryl/α,β-unsaturated/α-hetero) is 1. The summed E-state index contributed by atoms with van der Waals surface area (Å²) < 4.78 is 5.02. The smallest absolute Gasteiger partial charge is 0.313 e. The first-order chi connectivity index (χ1) is 7.74. The molecule has 0 aromatic heterocycles. The van der Waals surface area contributed by atoms with Crippen LogP contribution in [0.5, 0.6) is 0 Å². The van der Waals surface area contributed by atoms with Gasteiger partial charge in [0.1, 0.15) is 0 Å². The van der Waals surface area contributed by atoms with Crippen LogP contribution in [0.1, 0.15) is 41.6 Å². The predicted octanol–water partition coefficient (Wildman–Crippen LogP) is 2.31. The Hall–Kier alpha value is -1.64. The maximum Gasteiger partial charge on any atom is 0.313 e. The summed E-state index contributed by atoms with van der Waals surface area (Å²) >= 11 is 0. The van der Waals surface area contributed by atoms with Crippen molar-refractivity contribution in [3.63, 3.8) is 0 Å². The third-order valence-electron chi connectivity index (χ3n) is 2.87. The molecule has 0 amide bonds. The quantitative estimate of drug-likeness (QED) is 0.715. The van der Waals surface area contributed by atoms with Crippen molar-refractivity contribution >= 4 is 11.8 Å². The van der Waals surface area contributed by atoms with E-state index < -0.39 is 0 Å². The summed E-state index contributed by atoms with van der Waals surface area (Å²) in [4.78, 5) is 23.4. The van der Waals surface area contributed by atoms with Crippen molar-refractivity contribution < 1.29 is 14.3 Å². The highest BCUT2D eigenvalue weighted by Crippen LogP contribution is 2.32. The van der Waals surface area contributed by atoms with E-state index in [0.717, 1.165) is 5.56 Å². The molecule has 0 fully saturated rings. The SMILES string of the molecule is CCOC(=O)C1CCC(=O)c2ccccc21. The lowest BCUT2D eigenvalue weighted by Crippen LogP contribution is -2.23. The zero-order valence-corrected chi connectivity index (χ0v) is 9.23. The predicted molar refractivity (Wildman–Crippen MR) is 59.4 cm³/mol. The summed E-state index contributed by atoms with van der Waals surface area (Å²) in [5.41, 5.74) is 1.49. The number of ketones is 1. The van der Waals surface area contributed by atoms with Gasteiger partial charge in [-0.05, 0) is 18.9 Å². The standard InChI is InChI=1S/C13H14O3/c1-2-16-13(15)11-7-8-12(14)10-6-4-3-5-9(10)11/h3-6,11H,2,7-8H2,1H3. The maximum atomic E-state index is 11.7. The lowest BCUT2D eigenvalue weighted by molar-refractivity contribution is -0.145. The fraction of sp³-hybridized carbons (Fsp3) is 0.385. The highest BCUT2D eigenvalue weighted by molar-refractivity contribution is 6.01. The minimum absolute atomic E-state index is 0.121. The molecule has 0 N–H and O–H groups in total. The molecule has 1 aromatic rings. The first-order valence-corrected chi connectivity index (χ1v) is 5.52. The van der Waals surface area contributed by atoms with Gasteiger partial charge in [0, 0.05) is 12.0 Å².